The Morgan fingerprint density at radius 3 is 1.96 bits per heavy atom. The standard InChI is InChI=1S/C21H21NO4/c1-21(2,3)26-20(25)15-10-8-14(9-11-15)12-13-22-18(23)16-6-4-5-7-17(16)19(22)24/h4-11H,12-13H2,1-3H3. The monoisotopic (exact) mass is 351 g/mol. The van der Waals surface area contributed by atoms with Gasteiger partial charge in [0.2, 0.25) is 0 Å². The maximum atomic E-state index is 12.3. The molecule has 0 bridgehead atoms. The predicted octanol–water partition coefficient (Wildman–Crippen LogP) is 3.48. The van der Waals surface area contributed by atoms with Crippen LogP contribution in [0.3, 0.4) is 0 Å². The molecule has 2 aromatic rings. The van der Waals surface area contributed by atoms with Crippen molar-refractivity contribution in [2.45, 2.75) is 32.8 Å². The molecule has 134 valence electrons. The minimum absolute atomic E-state index is 0.254. The third-order valence-electron chi connectivity index (χ3n) is 4.09. The number of fused-ring (bicyclic) bond motifs is 1. The van der Waals surface area contributed by atoms with Gasteiger partial charge in [-0.25, -0.2) is 4.79 Å². The predicted molar refractivity (Wildman–Crippen MR) is 97.1 cm³/mol. The molecule has 0 radical (unpaired) electrons. The summed E-state index contributed by atoms with van der Waals surface area (Å²) in [6.07, 6.45) is 0.528. The summed E-state index contributed by atoms with van der Waals surface area (Å²) in [5.74, 6) is -0.878. The van der Waals surface area contributed by atoms with Gasteiger partial charge in [0.05, 0.1) is 16.7 Å². The number of carbonyl (C=O) groups is 3. The van der Waals surface area contributed by atoms with Crippen molar-refractivity contribution in [2.75, 3.05) is 6.54 Å². The van der Waals surface area contributed by atoms with Crippen LogP contribution in [0.5, 0.6) is 0 Å². The fraction of sp³-hybridized carbons (Fsp3) is 0.286. The number of nitrogens with zero attached hydrogens (tertiary/aromatic N) is 1. The maximum Gasteiger partial charge on any atom is 0.338 e. The molecule has 5 heteroatoms. The van der Waals surface area contributed by atoms with Crippen LogP contribution in [0.2, 0.25) is 0 Å². The third-order valence-corrected chi connectivity index (χ3v) is 4.09. The Kier molecular flexibility index (Phi) is 4.64. The lowest BCUT2D eigenvalue weighted by atomic mass is 10.1. The lowest BCUT2D eigenvalue weighted by Crippen LogP contribution is -2.31. The summed E-state index contributed by atoms with van der Waals surface area (Å²) in [5.41, 5.74) is 1.79. The highest BCUT2D eigenvalue weighted by Gasteiger charge is 2.34. The van der Waals surface area contributed by atoms with Gasteiger partial charge < -0.3 is 4.74 Å². The smallest absolute Gasteiger partial charge is 0.338 e. The number of rotatable bonds is 4. The Labute approximate surface area is 152 Å². The van der Waals surface area contributed by atoms with Crippen LogP contribution < -0.4 is 0 Å². The molecule has 0 saturated carbocycles. The van der Waals surface area contributed by atoms with E-state index >= 15 is 0 Å². The van der Waals surface area contributed by atoms with Crippen LogP contribution in [-0.4, -0.2) is 34.8 Å². The molecular formula is C21H21NO4. The summed E-state index contributed by atoms with van der Waals surface area (Å²) in [6, 6.07) is 13.9. The van der Waals surface area contributed by atoms with Gasteiger partial charge in [0.25, 0.3) is 11.8 Å². The summed E-state index contributed by atoms with van der Waals surface area (Å²) < 4.78 is 5.33. The van der Waals surface area contributed by atoms with Crippen molar-refractivity contribution in [1.82, 2.24) is 4.90 Å². The molecule has 0 spiro atoms. The molecule has 2 aromatic carbocycles. The average molecular weight is 351 g/mol. The largest absolute Gasteiger partial charge is 0.456 e. The number of hydrogen-bond donors (Lipinski definition) is 0. The molecule has 0 atom stereocenters. The number of imide groups is 1. The van der Waals surface area contributed by atoms with Crippen molar-refractivity contribution in [1.29, 1.82) is 0 Å². The second-order valence-electron chi connectivity index (χ2n) is 7.26. The lowest BCUT2D eigenvalue weighted by molar-refractivity contribution is 0.00692. The number of esters is 1. The van der Waals surface area contributed by atoms with Gasteiger partial charge in [-0.3, -0.25) is 14.5 Å². The first kappa shape index (κ1) is 17.9. The first-order valence-corrected chi connectivity index (χ1v) is 8.54. The van der Waals surface area contributed by atoms with E-state index in [0.29, 0.717) is 29.7 Å². The molecule has 2 amide bonds. The lowest BCUT2D eigenvalue weighted by Gasteiger charge is -2.19. The zero-order valence-corrected chi connectivity index (χ0v) is 15.1. The molecule has 5 nitrogen and oxygen atoms in total. The molecule has 1 aliphatic rings. The molecule has 1 aliphatic heterocycles. The zero-order valence-electron chi connectivity index (χ0n) is 15.1. The van der Waals surface area contributed by atoms with E-state index in [9.17, 15) is 14.4 Å². The highest BCUT2D eigenvalue weighted by Crippen LogP contribution is 2.22. The summed E-state index contributed by atoms with van der Waals surface area (Å²) in [5, 5.41) is 0. The van der Waals surface area contributed by atoms with Crippen LogP contribution in [-0.2, 0) is 11.2 Å². The highest BCUT2D eigenvalue weighted by atomic mass is 16.6. The molecule has 0 aliphatic carbocycles. The Balaban J connectivity index is 1.64. The van der Waals surface area contributed by atoms with Crippen LogP contribution in [0, 0.1) is 0 Å². The van der Waals surface area contributed by atoms with E-state index in [0.717, 1.165) is 5.56 Å². The minimum Gasteiger partial charge on any atom is -0.456 e. The molecule has 26 heavy (non-hydrogen) atoms. The quantitative estimate of drug-likeness (QED) is 0.625. The summed E-state index contributed by atoms with van der Waals surface area (Å²) in [6.45, 7) is 5.77. The summed E-state index contributed by atoms with van der Waals surface area (Å²) >= 11 is 0. The van der Waals surface area contributed by atoms with E-state index in [1.807, 2.05) is 32.9 Å². The van der Waals surface area contributed by atoms with E-state index in [-0.39, 0.29) is 17.8 Å². The van der Waals surface area contributed by atoms with E-state index in [1.54, 1.807) is 36.4 Å². The van der Waals surface area contributed by atoms with Gasteiger partial charge in [0, 0.05) is 6.54 Å². The van der Waals surface area contributed by atoms with Gasteiger partial charge in [-0.15, -0.1) is 0 Å². The van der Waals surface area contributed by atoms with Crippen LogP contribution in [0.25, 0.3) is 0 Å². The van der Waals surface area contributed by atoms with Crippen LogP contribution in [0.4, 0.5) is 0 Å². The Bertz CT molecular complexity index is 827. The SMILES string of the molecule is CC(C)(C)OC(=O)c1ccc(CCN2C(=O)c3ccccc3C2=O)cc1. The second kappa shape index (κ2) is 6.75. The Morgan fingerprint density at radius 2 is 1.46 bits per heavy atom. The molecule has 3 rings (SSSR count). The van der Waals surface area contributed by atoms with Crippen molar-refractivity contribution >= 4 is 17.8 Å². The van der Waals surface area contributed by atoms with E-state index in [4.69, 9.17) is 4.74 Å². The summed E-state index contributed by atoms with van der Waals surface area (Å²) in [4.78, 5) is 38.0. The molecule has 0 fully saturated rings. The van der Waals surface area contributed by atoms with Gasteiger partial charge in [-0.1, -0.05) is 24.3 Å². The van der Waals surface area contributed by atoms with Crippen molar-refractivity contribution in [2.24, 2.45) is 0 Å². The van der Waals surface area contributed by atoms with Gasteiger partial charge in [-0.05, 0) is 57.0 Å². The van der Waals surface area contributed by atoms with E-state index in [1.165, 1.54) is 4.90 Å². The molecule has 0 aromatic heterocycles. The fourth-order valence-corrected chi connectivity index (χ4v) is 2.83. The van der Waals surface area contributed by atoms with Gasteiger partial charge in [0.15, 0.2) is 0 Å². The van der Waals surface area contributed by atoms with E-state index in [2.05, 4.69) is 0 Å². The molecule has 0 unspecified atom stereocenters. The number of benzene rings is 2. The number of carbonyl (C=O) groups excluding carboxylic acids is 3. The number of ether oxygens (including phenoxy) is 1. The molecule has 0 N–H and O–H groups in total. The zero-order chi connectivity index (χ0) is 18.9. The average Bonchev–Trinajstić information content (AvgIpc) is 2.83. The van der Waals surface area contributed by atoms with Gasteiger partial charge in [0.1, 0.15) is 5.60 Å². The highest BCUT2D eigenvalue weighted by molar-refractivity contribution is 6.21. The first-order valence-electron chi connectivity index (χ1n) is 8.54. The van der Waals surface area contributed by atoms with Crippen LogP contribution in [0.1, 0.15) is 57.4 Å². The molecule has 0 saturated heterocycles. The van der Waals surface area contributed by atoms with Gasteiger partial charge in [-0.2, -0.15) is 0 Å². The fourth-order valence-electron chi connectivity index (χ4n) is 2.83. The minimum atomic E-state index is -0.540. The number of hydrogen-bond acceptors (Lipinski definition) is 4. The summed E-state index contributed by atoms with van der Waals surface area (Å²) in [7, 11) is 0. The van der Waals surface area contributed by atoms with Crippen molar-refractivity contribution in [3.05, 3.63) is 70.8 Å². The Hall–Kier alpha value is -2.95. The van der Waals surface area contributed by atoms with Crippen molar-refractivity contribution in [3.63, 3.8) is 0 Å². The Morgan fingerprint density at radius 1 is 0.923 bits per heavy atom. The third kappa shape index (κ3) is 3.67. The first-order chi connectivity index (χ1) is 12.3. The van der Waals surface area contributed by atoms with Crippen molar-refractivity contribution in [3.8, 4) is 0 Å². The second-order valence-corrected chi connectivity index (χ2v) is 7.26. The van der Waals surface area contributed by atoms with Crippen LogP contribution in [0.15, 0.2) is 48.5 Å². The van der Waals surface area contributed by atoms with Gasteiger partial charge >= 0.3 is 5.97 Å². The van der Waals surface area contributed by atoms with Crippen molar-refractivity contribution < 1.29 is 19.1 Å². The number of amides is 2. The maximum absolute atomic E-state index is 12.3. The molecular weight excluding hydrogens is 330 g/mol. The normalized spacial score (nSPS) is 13.7. The van der Waals surface area contributed by atoms with Crippen LogP contribution >= 0.6 is 0 Å². The molecule has 1 heterocycles. The topological polar surface area (TPSA) is 63.7 Å². The van der Waals surface area contributed by atoms with E-state index < -0.39 is 5.60 Å².